The molecule has 0 aromatic carbocycles. The molecule has 1 aliphatic rings. The molecule has 3 nitrogen and oxygen atoms in total. The smallest absolute Gasteiger partial charge is 0.235 e. The lowest BCUT2D eigenvalue weighted by Gasteiger charge is -2.32. The molecule has 0 aromatic rings. The second kappa shape index (κ2) is 5.80. The Morgan fingerprint density at radius 2 is 2.00 bits per heavy atom. The summed E-state index contributed by atoms with van der Waals surface area (Å²) in [5.41, 5.74) is 5.27. The van der Waals surface area contributed by atoms with E-state index in [9.17, 15) is 4.79 Å². The Bertz CT molecular complexity index is 298. The van der Waals surface area contributed by atoms with Crippen LogP contribution in [0.1, 0.15) is 46.0 Å². The predicted molar refractivity (Wildman–Crippen MR) is 74.8 cm³/mol. The van der Waals surface area contributed by atoms with Gasteiger partial charge >= 0.3 is 0 Å². The van der Waals surface area contributed by atoms with Crippen molar-refractivity contribution in [1.82, 2.24) is 4.90 Å². The van der Waals surface area contributed by atoms with E-state index in [4.69, 9.17) is 18.0 Å². The van der Waals surface area contributed by atoms with Crippen LogP contribution in [0.25, 0.3) is 0 Å². The van der Waals surface area contributed by atoms with Crippen LogP contribution in [0.5, 0.6) is 0 Å². The van der Waals surface area contributed by atoms with Gasteiger partial charge in [-0.3, -0.25) is 4.79 Å². The first-order valence-corrected chi connectivity index (χ1v) is 6.90. The highest BCUT2D eigenvalue weighted by Crippen LogP contribution is 2.40. The first-order chi connectivity index (χ1) is 7.94. The minimum absolute atomic E-state index is 0.128. The van der Waals surface area contributed by atoms with Gasteiger partial charge < -0.3 is 10.6 Å². The molecule has 0 saturated heterocycles. The fraction of sp³-hybridized carbons (Fsp3) is 0.846. The van der Waals surface area contributed by atoms with E-state index in [0.717, 1.165) is 38.6 Å². The van der Waals surface area contributed by atoms with Crippen LogP contribution in [0.15, 0.2) is 0 Å². The summed E-state index contributed by atoms with van der Waals surface area (Å²) >= 11 is 5.14. The Hall–Kier alpha value is -0.640. The lowest BCUT2D eigenvalue weighted by Crippen LogP contribution is -2.48. The number of hydrogen-bond acceptors (Lipinski definition) is 2. The van der Waals surface area contributed by atoms with Gasteiger partial charge in [-0.2, -0.15) is 0 Å². The van der Waals surface area contributed by atoms with Crippen molar-refractivity contribution in [2.75, 3.05) is 13.6 Å². The first-order valence-electron chi connectivity index (χ1n) is 6.49. The van der Waals surface area contributed by atoms with Crippen molar-refractivity contribution in [1.29, 1.82) is 0 Å². The molecule has 0 radical (unpaired) electrons. The summed E-state index contributed by atoms with van der Waals surface area (Å²) in [6, 6.07) is 0. The molecule has 0 aliphatic heterocycles. The van der Waals surface area contributed by atoms with Gasteiger partial charge in [0.15, 0.2) is 0 Å². The molecule has 1 amide bonds. The number of amides is 1. The second-order valence-electron chi connectivity index (χ2n) is 5.35. The highest BCUT2D eigenvalue weighted by Gasteiger charge is 2.45. The third-order valence-corrected chi connectivity index (χ3v) is 4.36. The molecular weight excluding hydrogens is 232 g/mol. The van der Waals surface area contributed by atoms with E-state index < -0.39 is 5.41 Å². The molecule has 1 saturated carbocycles. The van der Waals surface area contributed by atoms with E-state index >= 15 is 0 Å². The lowest BCUT2D eigenvalue weighted by molar-refractivity contribution is -0.137. The number of rotatable bonds is 5. The highest BCUT2D eigenvalue weighted by molar-refractivity contribution is 7.80. The van der Waals surface area contributed by atoms with Crippen LogP contribution in [-0.4, -0.2) is 29.4 Å². The van der Waals surface area contributed by atoms with Crippen molar-refractivity contribution in [2.45, 2.75) is 46.0 Å². The number of thiocarbonyl (C=S) groups is 1. The summed E-state index contributed by atoms with van der Waals surface area (Å²) < 4.78 is 0. The minimum Gasteiger partial charge on any atom is -0.392 e. The van der Waals surface area contributed by atoms with Crippen molar-refractivity contribution in [3.8, 4) is 0 Å². The molecule has 98 valence electrons. The van der Waals surface area contributed by atoms with Gasteiger partial charge in [-0.15, -0.1) is 0 Å². The summed E-state index contributed by atoms with van der Waals surface area (Å²) in [6.07, 6.45) is 4.84. The topological polar surface area (TPSA) is 46.3 Å². The maximum atomic E-state index is 12.5. The van der Waals surface area contributed by atoms with Crippen LogP contribution in [0, 0.1) is 11.3 Å². The Morgan fingerprint density at radius 1 is 1.47 bits per heavy atom. The average molecular weight is 256 g/mol. The fourth-order valence-electron chi connectivity index (χ4n) is 2.59. The Kier molecular flexibility index (Phi) is 4.92. The molecule has 0 aromatic heterocycles. The number of carbonyl (C=O) groups excluding carboxylic acids is 1. The third kappa shape index (κ3) is 2.97. The van der Waals surface area contributed by atoms with Gasteiger partial charge in [-0.1, -0.05) is 45.3 Å². The zero-order valence-corrected chi connectivity index (χ0v) is 12.0. The van der Waals surface area contributed by atoms with Gasteiger partial charge in [0.1, 0.15) is 0 Å². The van der Waals surface area contributed by atoms with Gasteiger partial charge in [0, 0.05) is 13.6 Å². The molecule has 1 rings (SSSR count). The fourth-order valence-corrected chi connectivity index (χ4v) is 2.88. The molecule has 1 unspecified atom stereocenters. The lowest BCUT2D eigenvalue weighted by atomic mass is 9.84. The summed E-state index contributed by atoms with van der Waals surface area (Å²) in [4.78, 5) is 14.7. The number of nitrogens with zero attached hydrogens (tertiary/aromatic N) is 1. The molecule has 1 fully saturated rings. The van der Waals surface area contributed by atoms with Crippen LogP contribution in [-0.2, 0) is 4.79 Å². The van der Waals surface area contributed by atoms with Gasteiger partial charge in [0.2, 0.25) is 5.91 Å². The standard InChI is InChI=1S/C13H24N2OS/c1-4-10(2)9-15(3)12(16)13(11(14)17)7-5-6-8-13/h10H,4-9H2,1-3H3,(H2,14,17). The van der Waals surface area contributed by atoms with E-state index in [1.54, 1.807) is 0 Å². The molecule has 0 heterocycles. The summed E-state index contributed by atoms with van der Waals surface area (Å²) in [5, 5.41) is 0. The molecule has 17 heavy (non-hydrogen) atoms. The molecule has 4 heteroatoms. The summed E-state index contributed by atoms with van der Waals surface area (Å²) in [6.45, 7) is 5.09. The maximum Gasteiger partial charge on any atom is 0.235 e. The Morgan fingerprint density at radius 3 is 2.41 bits per heavy atom. The number of carbonyl (C=O) groups is 1. The Balaban J connectivity index is 2.75. The second-order valence-corrected chi connectivity index (χ2v) is 5.79. The maximum absolute atomic E-state index is 12.5. The zero-order valence-electron chi connectivity index (χ0n) is 11.2. The van der Waals surface area contributed by atoms with E-state index in [1.165, 1.54) is 0 Å². The zero-order chi connectivity index (χ0) is 13.1. The molecule has 1 atom stereocenters. The monoisotopic (exact) mass is 256 g/mol. The molecule has 0 spiro atoms. The Labute approximate surface area is 110 Å². The van der Waals surface area contributed by atoms with Gasteiger partial charge in [-0.05, 0) is 18.8 Å². The largest absolute Gasteiger partial charge is 0.392 e. The average Bonchev–Trinajstić information content (AvgIpc) is 2.77. The minimum atomic E-state index is -0.544. The van der Waals surface area contributed by atoms with Crippen LogP contribution >= 0.6 is 12.2 Å². The van der Waals surface area contributed by atoms with Gasteiger partial charge in [-0.25, -0.2) is 0 Å². The van der Waals surface area contributed by atoms with Crippen LogP contribution < -0.4 is 5.73 Å². The molecule has 2 N–H and O–H groups in total. The van der Waals surface area contributed by atoms with Crippen LogP contribution in [0.3, 0.4) is 0 Å². The first kappa shape index (κ1) is 14.4. The molecule has 1 aliphatic carbocycles. The van der Waals surface area contributed by atoms with Crippen molar-refractivity contribution < 1.29 is 4.79 Å². The predicted octanol–water partition coefficient (Wildman–Crippen LogP) is 2.34. The normalized spacial score (nSPS) is 19.9. The van der Waals surface area contributed by atoms with E-state index in [0.29, 0.717) is 10.9 Å². The van der Waals surface area contributed by atoms with Crippen molar-refractivity contribution in [2.24, 2.45) is 17.1 Å². The van der Waals surface area contributed by atoms with Crippen LogP contribution in [0.2, 0.25) is 0 Å². The van der Waals surface area contributed by atoms with Gasteiger partial charge in [0.25, 0.3) is 0 Å². The van der Waals surface area contributed by atoms with Crippen molar-refractivity contribution in [3.05, 3.63) is 0 Å². The number of hydrogen-bond donors (Lipinski definition) is 1. The highest BCUT2D eigenvalue weighted by atomic mass is 32.1. The summed E-state index contributed by atoms with van der Waals surface area (Å²) in [5.74, 6) is 0.650. The van der Waals surface area contributed by atoms with E-state index in [2.05, 4.69) is 13.8 Å². The quantitative estimate of drug-likeness (QED) is 0.768. The SMILES string of the molecule is CCC(C)CN(C)C(=O)C1(C(N)=S)CCCC1. The van der Waals surface area contributed by atoms with E-state index in [1.807, 2.05) is 11.9 Å². The van der Waals surface area contributed by atoms with Crippen molar-refractivity contribution in [3.63, 3.8) is 0 Å². The van der Waals surface area contributed by atoms with Crippen LogP contribution in [0.4, 0.5) is 0 Å². The summed E-state index contributed by atoms with van der Waals surface area (Å²) in [7, 11) is 1.87. The number of nitrogens with two attached hydrogens (primary N) is 1. The molecule has 0 bridgehead atoms. The van der Waals surface area contributed by atoms with E-state index in [-0.39, 0.29) is 5.91 Å². The molecular formula is C13H24N2OS. The van der Waals surface area contributed by atoms with Crippen molar-refractivity contribution >= 4 is 23.1 Å². The van der Waals surface area contributed by atoms with Gasteiger partial charge in [0.05, 0.1) is 10.4 Å². The third-order valence-electron chi connectivity index (χ3n) is 3.97.